The van der Waals surface area contributed by atoms with Crippen molar-refractivity contribution in [2.75, 3.05) is 13.2 Å². The third-order valence-electron chi connectivity index (χ3n) is 3.49. The number of rotatable bonds is 6. The number of ether oxygens (including phenoxy) is 1. The molecule has 7 nitrogen and oxygen atoms in total. The van der Waals surface area contributed by atoms with E-state index in [0.717, 1.165) is 6.42 Å². The molecule has 1 amide bonds. The summed E-state index contributed by atoms with van der Waals surface area (Å²) in [6.45, 7) is 3.48. The van der Waals surface area contributed by atoms with E-state index in [1.807, 2.05) is 0 Å². The van der Waals surface area contributed by atoms with Crippen LogP contribution in [0, 0.1) is 5.92 Å². The van der Waals surface area contributed by atoms with Gasteiger partial charge in [-0.3, -0.25) is 4.79 Å². The highest BCUT2D eigenvalue weighted by molar-refractivity contribution is 5.75. The molecule has 2 atom stereocenters. The Bertz CT molecular complexity index is 381. The lowest BCUT2D eigenvalue weighted by atomic mass is 9.88. The summed E-state index contributed by atoms with van der Waals surface area (Å²) in [4.78, 5) is 11.5. The van der Waals surface area contributed by atoms with E-state index >= 15 is 0 Å². The Morgan fingerprint density at radius 3 is 3.05 bits per heavy atom. The smallest absolute Gasteiger partial charge is 0.241 e. The molecule has 0 radical (unpaired) electrons. The number of carbonyl (C=O) groups excluding carboxylic acids is 1. The summed E-state index contributed by atoms with van der Waals surface area (Å²) in [5, 5.41) is 13.4. The minimum absolute atomic E-state index is 0.104. The zero-order valence-corrected chi connectivity index (χ0v) is 11.3. The monoisotopic (exact) mass is 267 g/mol. The van der Waals surface area contributed by atoms with Gasteiger partial charge in [-0.05, 0) is 29.2 Å². The van der Waals surface area contributed by atoms with Gasteiger partial charge in [-0.2, -0.15) is 0 Å². The van der Waals surface area contributed by atoms with E-state index in [1.165, 1.54) is 30.3 Å². The number of carbonyl (C=O) groups is 1. The van der Waals surface area contributed by atoms with Gasteiger partial charge >= 0.3 is 0 Å². The summed E-state index contributed by atoms with van der Waals surface area (Å²) in [6, 6.07) is 0. The molecule has 1 aromatic heterocycles. The molecular formula is C12H21N5O2. The van der Waals surface area contributed by atoms with Crippen LogP contribution in [0.15, 0.2) is 6.33 Å². The molecule has 0 aliphatic heterocycles. The molecule has 106 valence electrons. The molecule has 2 rings (SSSR count). The van der Waals surface area contributed by atoms with Crippen molar-refractivity contribution in [2.24, 2.45) is 5.92 Å². The molecule has 19 heavy (non-hydrogen) atoms. The fourth-order valence-corrected chi connectivity index (χ4v) is 2.39. The van der Waals surface area contributed by atoms with Crippen LogP contribution in [0.1, 0.15) is 32.6 Å². The summed E-state index contributed by atoms with van der Waals surface area (Å²) in [7, 11) is 0. The lowest BCUT2D eigenvalue weighted by Crippen LogP contribution is -2.33. The van der Waals surface area contributed by atoms with Gasteiger partial charge in [0.05, 0.1) is 12.7 Å². The Morgan fingerprint density at radius 1 is 1.47 bits per heavy atom. The first-order valence-electron chi connectivity index (χ1n) is 6.85. The SMILES string of the molecule is C[C@@H]1CCCC[C@@H]1OCCNC(=O)Cn1cnnn1. The molecule has 1 N–H and O–H groups in total. The normalized spacial score (nSPS) is 23.2. The second kappa shape index (κ2) is 7.18. The first kappa shape index (κ1) is 13.9. The van der Waals surface area contributed by atoms with Gasteiger partial charge in [0.1, 0.15) is 12.9 Å². The van der Waals surface area contributed by atoms with Crippen molar-refractivity contribution in [3.05, 3.63) is 6.33 Å². The Balaban J connectivity index is 1.57. The molecule has 7 heteroatoms. The zero-order chi connectivity index (χ0) is 13.5. The molecule has 1 aliphatic carbocycles. The number of tetrazole rings is 1. The van der Waals surface area contributed by atoms with E-state index in [-0.39, 0.29) is 12.5 Å². The molecule has 0 bridgehead atoms. The standard InChI is InChI=1S/C12H21N5O2/c1-10-4-2-3-5-11(10)19-7-6-13-12(18)8-17-9-14-15-16-17/h9-11H,2-8H2,1H3,(H,13,18)/t10-,11+/m1/s1. The second-order valence-corrected chi connectivity index (χ2v) is 5.03. The minimum Gasteiger partial charge on any atom is -0.376 e. The summed E-state index contributed by atoms with van der Waals surface area (Å²) in [5.74, 6) is 0.526. The van der Waals surface area contributed by atoms with Crippen LogP contribution in [0.3, 0.4) is 0 Å². The van der Waals surface area contributed by atoms with E-state index in [1.54, 1.807) is 0 Å². The zero-order valence-electron chi connectivity index (χ0n) is 11.3. The molecule has 0 unspecified atom stereocenters. The molecule has 1 aliphatic rings. The van der Waals surface area contributed by atoms with Crippen molar-refractivity contribution in [3.8, 4) is 0 Å². The topological polar surface area (TPSA) is 81.9 Å². The van der Waals surface area contributed by atoms with Crippen LogP contribution in [0.2, 0.25) is 0 Å². The molecule has 0 saturated heterocycles. The van der Waals surface area contributed by atoms with Crippen LogP contribution in [0.4, 0.5) is 0 Å². The van der Waals surface area contributed by atoms with Gasteiger partial charge in [-0.15, -0.1) is 5.10 Å². The number of nitrogens with zero attached hydrogens (tertiary/aromatic N) is 4. The predicted molar refractivity (Wildman–Crippen MR) is 68.2 cm³/mol. The molecule has 1 heterocycles. The lowest BCUT2D eigenvalue weighted by molar-refractivity contribution is -0.122. The van der Waals surface area contributed by atoms with E-state index < -0.39 is 0 Å². The number of amides is 1. The highest BCUT2D eigenvalue weighted by Gasteiger charge is 2.21. The van der Waals surface area contributed by atoms with Gasteiger partial charge in [-0.25, -0.2) is 4.68 Å². The van der Waals surface area contributed by atoms with Crippen LogP contribution in [0.25, 0.3) is 0 Å². The summed E-state index contributed by atoms with van der Waals surface area (Å²) < 4.78 is 7.21. The van der Waals surface area contributed by atoms with Crippen LogP contribution in [-0.4, -0.2) is 45.4 Å². The minimum atomic E-state index is -0.104. The Hall–Kier alpha value is -1.50. The maximum absolute atomic E-state index is 11.5. The maximum Gasteiger partial charge on any atom is 0.241 e. The van der Waals surface area contributed by atoms with Crippen molar-refractivity contribution in [3.63, 3.8) is 0 Å². The summed E-state index contributed by atoms with van der Waals surface area (Å²) >= 11 is 0. The lowest BCUT2D eigenvalue weighted by Gasteiger charge is -2.28. The Labute approximate surface area is 112 Å². The van der Waals surface area contributed by atoms with Crippen molar-refractivity contribution >= 4 is 5.91 Å². The first-order chi connectivity index (χ1) is 9.25. The van der Waals surface area contributed by atoms with Gasteiger partial charge < -0.3 is 10.1 Å². The van der Waals surface area contributed by atoms with Gasteiger partial charge in [0.15, 0.2) is 0 Å². The van der Waals surface area contributed by atoms with Gasteiger partial charge in [0.25, 0.3) is 0 Å². The molecular weight excluding hydrogens is 246 g/mol. The predicted octanol–water partition coefficient (Wildman–Crippen LogP) is 0.385. The average Bonchev–Trinajstić information content (AvgIpc) is 2.89. The molecule has 1 aromatic rings. The van der Waals surface area contributed by atoms with Gasteiger partial charge in [0.2, 0.25) is 5.91 Å². The molecule has 0 spiro atoms. The summed E-state index contributed by atoms with van der Waals surface area (Å²) in [6.07, 6.45) is 6.71. The van der Waals surface area contributed by atoms with Gasteiger partial charge in [0, 0.05) is 6.54 Å². The second-order valence-electron chi connectivity index (χ2n) is 5.03. The largest absolute Gasteiger partial charge is 0.376 e. The fourth-order valence-electron chi connectivity index (χ4n) is 2.39. The van der Waals surface area contributed by atoms with Crippen LogP contribution >= 0.6 is 0 Å². The number of nitrogens with one attached hydrogen (secondary N) is 1. The molecule has 1 saturated carbocycles. The highest BCUT2D eigenvalue weighted by atomic mass is 16.5. The quantitative estimate of drug-likeness (QED) is 0.754. The maximum atomic E-state index is 11.5. The van der Waals surface area contributed by atoms with Crippen LogP contribution in [0.5, 0.6) is 0 Å². The number of aromatic nitrogens is 4. The molecule has 0 aromatic carbocycles. The van der Waals surface area contributed by atoms with Gasteiger partial charge in [-0.1, -0.05) is 19.8 Å². The first-order valence-corrected chi connectivity index (χ1v) is 6.85. The van der Waals surface area contributed by atoms with E-state index in [2.05, 4.69) is 27.8 Å². The molecule has 1 fully saturated rings. The van der Waals surface area contributed by atoms with E-state index in [9.17, 15) is 4.79 Å². The van der Waals surface area contributed by atoms with Crippen molar-refractivity contribution in [1.29, 1.82) is 0 Å². The third kappa shape index (κ3) is 4.59. The fraction of sp³-hybridized carbons (Fsp3) is 0.833. The summed E-state index contributed by atoms with van der Waals surface area (Å²) in [5.41, 5.74) is 0. The van der Waals surface area contributed by atoms with Crippen molar-refractivity contribution in [2.45, 2.75) is 45.3 Å². The Morgan fingerprint density at radius 2 is 2.32 bits per heavy atom. The van der Waals surface area contributed by atoms with E-state index in [4.69, 9.17) is 4.74 Å². The Kier molecular flexibility index (Phi) is 5.26. The van der Waals surface area contributed by atoms with Crippen molar-refractivity contribution < 1.29 is 9.53 Å². The third-order valence-corrected chi connectivity index (χ3v) is 3.49. The highest BCUT2D eigenvalue weighted by Crippen LogP contribution is 2.25. The average molecular weight is 267 g/mol. The van der Waals surface area contributed by atoms with Crippen LogP contribution < -0.4 is 5.32 Å². The van der Waals surface area contributed by atoms with Crippen molar-refractivity contribution in [1.82, 2.24) is 25.5 Å². The number of hydrogen-bond donors (Lipinski definition) is 1. The number of hydrogen-bond acceptors (Lipinski definition) is 5. The van der Waals surface area contributed by atoms with E-state index in [0.29, 0.717) is 25.2 Å². The van der Waals surface area contributed by atoms with Crippen LogP contribution in [-0.2, 0) is 16.1 Å².